The molecule has 1 atom stereocenters. The van der Waals surface area contributed by atoms with Gasteiger partial charge in [-0.05, 0) is 26.2 Å². The molecule has 2 aromatic rings. The summed E-state index contributed by atoms with van der Waals surface area (Å²) in [6.07, 6.45) is 0.698. The molecule has 0 radical (unpaired) electrons. The summed E-state index contributed by atoms with van der Waals surface area (Å²) in [7, 11) is 0. The fraction of sp³-hybridized carbons (Fsp3) is 0.615. The highest BCUT2D eigenvalue weighted by atomic mass is 16.3. The topological polar surface area (TPSA) is 95.3 Å². The lowest BCUT2D eigenvalue weighted by molar-refractivity contribution is 0.0514. The SMILES string of the molecule is Cc1nc(NCC(C)(O)CC(C)C)cc2n[nH]c(=O)n12. The molecule has 0 saturated heterocycles. The predicted octanol–water partition coefficient (Wildman–Crippen LogP) is 0.935. The summed E-state index contributed by atoms with van der Waals surface area (Å²) < 4.78 is 1.40. The molecule has 0 spiro atoms. The third kappa shape index (κ3) is 3.16. The second-order valence-corrected chi connectivity index (χ2v) is 5.86. The number of rotatable bonds is 5. The van der Waals surface area contributed by atoms with Crippen molar-refractivity contribution in [1.29, 1.82) is 0 Å². The number of H-pyrrole nitrogens is 1. The molecule has 0 aliphatic heterocycles. The summed E-state index contributed by atoms with van der Waals surface area (Å²) in [6, 6.07) is 1.68. The molecule has 0 aromatic carbocycles. The van der Waals surface area contributed by atoms with Crippen molar-refractivity contribution in [3.05, 3.63) is 22.4 Å². The van der Waals surface area contributed by atoms with Crippen LogP contribution >= 0.6 is 0 Å². The zero-order valence-electron chi connectivity index (χ0n) is 12.3. The Balaban J connectivity index is 2.16. The molecular formula is C13H21N5O2. The summed E-state index contributed by atoms with van der Waals surface area (Å²) >= 11 is 0. The van der Waals surface area contributed by atoms with Gasteiger partial charge < -0.3 is 10.4 Å². The fourth-order valence-corrected chi connectivity index (χ4v) is 2.42. The van der Waals surface area contributed by atoms with Gasteiger partial charge in [-0.1, -0.05) is 13.8 Å². The molecule has 7 heteroatoms. The van der Waals surface area contributed by atoms with E-state index in [9.17, 15) is 9.90 Å². The first-order valence-corrected chi connectivity index (χ1v) is 6.69. The Morgan fingerprint density at radius 1 is 1.55 bits per heavy atom. The Morgan fingerprint density at radius 3 is 2.90 bits per heavy atom. The van der Waals surface area contributed by atoms with E-state index in [-0.39, 0.29) is 5.69 Å². The standard InChI is InChI=1S/C13H21N5O2/c1-8(2)6-13(4,20)7-14-10-5-11-16-17-12(19)18(11)9(3)15-10/h5,8,14,20H,6-7H2,1-4H3,(H,17,19). The lowest BCUT2D eigenvalue weighted by Crippen LogP contribution is -2.35. The summed E-state index contributed by atoms with van der Waals surface area (Å²) in [4.78, 5) is 15.8. The van der Waals surface area contributed by atoms with E-state index in [4.69, 9.17) is 0 Å². The summed E-state index contributed by atoms with van der Waals surface area (Å²) in [6.45, 7) is 8.06. The summed E-state index contributed by atoms with van der Waals surface area (Å²) in [5.74, 6) is 1.55. The molecule has 2 rings (SSSR count). The number of fused-ring (bicyclic) bond motifs is 1. The van der Waals surface area contributed by atoms with E-state index < -0.39 is 5.60 Å². The Morgan fingerprint density at radius 2 is 2.25 bits per heavy atom. The van der Waals surface area contributed by atoms with Crippen LogP contribution in [0.25, 0.3) is 5.65 Å². The lowest BCUT2D eigenvalue weighted by Gasteiger charge is -2.25. The van der Waals surface area contributed by atoms with Gasteiger partial charge in [-0.3, -0.25) is 0 Å². The zero-order valence-corrected chi connectivity index (χ0v) is 12.3. The quantitative estimate of drug-likeness (QED) is 0.757. The number of aromatic nitrogens is 4. The molecule has 0 saturated carbocycles. The maximum Gasteiger partial charge on any atom is 0.349 e. The van der Waals surface area contributed by atoms with Gasteiger partial charge in [0.25, 0.3) is 0 Å². The van der Waals surface area contributed by atoms with Gasteiger partial charge in [0.1, 0.15) is 11.6 Å². The van der Waals surface area contributed by atoms with Crippen molar-refractivity contribution in [2.24, 2.45) is 5.92 Å². The van der Waals surface area contributed by atoms with Gasteiger partial charge in [0.2, 0.25) is 0 Å². The number of nitrogens with zero attached hydrogens (tertiary/aromatic N) is 3. The Labute approximate surface area is 117 Å². The number of hydrogen-bond donors (Lipinski definition) is 3. The third-order valence-electron chi connectivity index (χ3n) is 3.07. The first-order chi connectivity index (χ1) is 9.28. The van der Waals surface area contributed by atoms with Crippen LogP contribution in [0.3, 0.4) is 0 Å². The number of aliphatic hydroxyl groups is 1. The maximum atomic E-state index is 11.5. The van der Waals surface area contributed by atoms with Crippen LogP contribution in [0.4, 0.5) is 5.82 Å². The van der Waals surface area contributed by atoms with Gasteiger partial charge in [-0.15, -0.1) is 0 Å². The molecule has 0 amide bonds. The van der Waals surface area contributed by atoms with Gasteiger partial charge in [0.15, 0.2) is 5.65 Å². The second kappa shape index (κ2) is 5.24. The van der Waals surface area contributed by atoms with Gasteiger partial charge in [-0.25, -0.2) is 19.3 Å². The number of aromatic amines is 1. The first kappa shape index (κ1) is 14.5. The normalized spacial score (nSPS) is 14.7. The van der Waals surface area contributed by atoms with Crippen molar-refractivity contribution < 1.29 is 5.11 Å². The van der Waals surface area contributed by atoms with E-state index in [0.717, 1.165) is 0 Å². The van der Waals surface area contributed by atoms with Crippen LogP contribution in [0.15, 0.2) is 10.9 Å². The second-order valence-electron chi connectivity index (χ2n) is 5.86. The van der Waals surface area contributed by atoms with Crippen molar-refractivity contribution in [1.82, 2.24) is 19.6 Å². The average Bonchev–Trinajstić information content (AvgIpc) is 2.67. The molecule has 0 fully saturated rings. The highest BCUT2D eigenvalue weighted by molar-refractivity contribution is 5.49. The van der Waals surface area contributed by atoms with Crippen molar-refractivity contribution in [3.8, 4) is 0 Å². The van der Waals surface area contributed by atoms with Crippen molar-refractivity contribution in [2.75, 3.05) is 11.9 Å². The molecular weight excluding hydrogens is 258 g/mol. The van der Waals surface area contributed by atoms with E-state index in [1.807, 2.05) is 0 Å². The molecule has 2 heterocycles. The minimum absolute atomic E-state index is 0.302. The van der Waals surface area contributed by atoms with Crippen LogP contribution in [-0.2, 0) is 0 Å². The summed E-state index contributed by atoms with van der Waals surface area (Å²) in [5.41, 5.74) is -0.599. The van der Waals surface area contributed by atoms with Crippen LogP contribution in [0.2, 0.25) is 0 Å². The highest BCUT2D eigenvalue weighted by Gasteiger charge is 2.21. The summed E-state index contributed by atoms with van der Waals surface area (Å²) in [5, 5.41) is 19.7. The lowest BCUT2D eigenvalue weighted by atomic mass is 9.94. The van der Waals surface area contributed by atoms with E-state index in [1.165, 1.54) is 4.40 Å². The van der Waals surface area contributed by atoms with Crippen molar-refractivity contribution in [3.63, 3.8) is 0 Å². The molecule has 0 aliphatic carbocycles. The minimum atomic E-state index is -0.804. The molecule has 0 bridgehead atoms. The number of aryl methyl sites for hydroxylation is 1. The number of hydrogen-bond acceptors (Lipinski definition) is 5. The van der Waals surface area contributed by atoms with E-state index in [0.29, 0.717) is 36.2 Å². The predicted molar refractivity (Wildman–Crippen MR) is 76.9 cm³/mol. The van der Waals surface area contributed by atoms with Gasteiger partial charge in [0.05, 0.1) is 5.60 Å². The van der Waals surface area contributed by atoms with Crippen LogP contribution in [-0.4, -0.2) is 36.8 Å². The molecule has 7 nitrogen and oxygen atoms in total. The van der Waals surface area contributed by atoms with Gasteiger partial charge in [-0.2, -0.15) is 5.10 Å². The molecule has 0 aliphatic rings. The average molecular weight is 279 g/mol. The molecule has 110 valence electrons. The monoisotopic (exact) mass is 279 g/mol. The molecule has 1 unspecified atom stereocenters. The highest BCUT2D eigenvalue weighted by Crippen LogP contribution is 2.17. The largest absolute Gasteiger partial charge is 0.388 e. The van der Waals surface area contributed by atoms with Crippen LogP contribution < -0.4 is 11.0 Å². The Kier molecular flexibility index (Phi) is 3.80. The van der Waals surface area contributed by atoms with Crippen molar-refractivity contribution >= 4 is 11.5 Å². The van der Waals surface area contributed by atoms with E-state index in [2.05, 4.69) is 34.3 Å². The first-order valence-electron chi connectivity index (χ1n) is 6.69. The van der Waals surface area contributed by atoms with Crippen molar-refractivity contribution in [2.45, 2.75) is 39.7 Å². The molecule has 20 heavy (non-hydrogen) atoms. The van der Waals surface area contributed by atoms with Gasteiger partial charge in [0, 0.05) is 12.6 Å². The number of anilines is 1. The molecule has 2 aromatic heterocycles. The van der Waals surface area contributed by atoms with Crippen LogP contribution in [0, 0.1) is 12.8 Å². The molecule has 3 N–H and O–H groups in total. The smallest absolute Gasteiger partial charge is 0.349 e. The van der Waals surface area contributed by atoms with Crippen LogP contribution in [0.1, 0.15) is 33.0 Å². The minimum Gasteiger partial charge on any atom is -0.388 e. The fourth-order valence-electron chi connectivity index (χ4n) is 2.42. The number of nitrogens with one attached hydrogen (secondary N) is 2. The Hall–Kier alpha value is -1.89. The third-order valence-corrected chi connectivity index (χ3v) is 3.07. The Bertz CT molecular complexity index is 656. The maximum absolute atomic E-state index is 11.5. The van der Waals surface area contributed by atoms with Gasteiger partial charge >= 0.3 is 5.69 Å². The van der Waals surface area contributed by atoms with E-state index >= 15 is 0 Å². The van der Waals surface area contributed by atoms with E-state index in [1.54, 1.807) is 19.9 Å². The van der Waals surface area contributed by atoms with Crippen LogP contribution in [0.5, 0.6) is 0 Å². The zero-order chi connectivity index (χ0) is 14.9.